The molecule has 7 heteroatoms. The minimum atomic E-state index is 0.0588. The number of furan rings is 1. The standard InChI is InChI=1S/C16H14ClN3O2S/c1-23-16-19-14(9-18-12-6-4-11(17)5-7-12)15(21)20(16)10-13-3-2-8-22-13/h2-9,21H,10H2,1H3. The van der Waals surface area contributed by atoms with Crippen LogP contribution in [-0.2, 0) is 6.54 Å². The van der Waals surface area contributed by atoms with E-state index in [4.69, 9.17) is 16.0 Å². The fourth-order valence-electron chi connectivity index (χ4n) is 2.05. The molecule has 0 atom stereocenters. The second-order valence-corrected chi connectivity index (χ2v) is 5.92. The molecule has 3 rings (SSSR count). The van der Waals surface area contributed by atoms with Crippen LogP contribution >= 0.6 is 23.4 Å². The van der Waals surface area contributed by atoms with Gasteiger partial charge in [0, 0.05) is 5.02 Å². The van der Waals surface area contributed by atoms with Crippen molar-refractivity contribution in [3.8, 4) is 5.88 Å². The van der Waals surface area contributed by atoms with Gasteiger partial charge in [0.15, 0.2) is 5.16 Å². The average molecular weight is 348 g/mol. The van der Waals surface area contributed by atoms with Crippen molar-refractivity contribution in [3.63, 3.8) is 0 Å². The highest BCUT2D eigenvalue weighted by Crippen LogP contribution is 2.26. The first-order valence-electron chi connectivity index (χ1n) is 6.83. The predicted molar refractivity (Wildman–Crippen MR) is 92.2 cm³/mol. The highest BCUT2D eigenvalue weighted by molar-refractivity contribution is 7.98. The number of rotatable bonds is 5. The smallest absolute Gasteiger partial charge is 0.221 e. The molecule has 0 amide bonds. The van der Waals surface area contributed by atoms with Crippen molar-refractivity contribution in [2.45, 2.75) is 11.7 Å². The first-order chi connectivity index (χ1) is 11.2. The lowest BCUT2D eigenvalue weighted by atomic mass is 10.3. The minimum Gasteiger partial charge on any atom is -0.493 e. The zero-order valence-corrected chi connectivity index (χ0v) is 13.9. The van der Waals surface area contributed by atoms with Crippen LogP contribution < -0.4 is 0 Å². The third-order valence-corrected chi connectivity index (χ3v) is 4.10. The summed E-state index contributed by atoms with van der Waals surface area (Å²) in [6, 6.07) is 10.8. The molecule has 0 saturated heterocycles. The van der Waals surface area contributed by atoms with E-state index in [0.717, 1.165) is 11.4 Å². The first-order valence-corrected chi connectivity index (χ1v) is 8.43. The van der Waals surface area contributed by atoms with Crippen LogP contribution in [0.5, 0.6) is 5.88 Å². The maximum Gasteiger partial charge on any atom is 0.221 e. The van der Waals surface area contributed by atoms with Gasteiger partial charge in [0.05, 0.1) is 24.7 Å². The van der Waals surface area contributed by atoms with Crippen LogP contribution in [0.2, 0.25) is 5.02 Å². The molecular formula is C16H14ClN3O2S. The lowest BCUT2D eigenvalue weighted by molar-refractivity contribution is 0.398. The molecule has 0 saturated carbocycles. The van der Waals surface area contributed by atoms with Gasteiger partial charge in [0.25, 0.3) is 0 Å². The fourth-order valence-corrected chi connectivity index (χ4v) is 2.74. The van der Waals surface area contributed by atoms with Gasteiger partial charge in [-0.1, -0.05) is 23.4 Å². The van der Waals surface area contributed by atoms with Gasteiger partial charge < -0.3 is 9.52 Å². The van der Waals surface area contributed by atoms with Crippen LogP contribution in [0.4, 0.5) is 5.69 Å². The van der Waals surface area contributed by atoms with Gasteiger partial charge in [-0.05, 0) is 42.7 Å². The Hall–Kier alpha value is -2.18. The Morgan fingerprint density at radius 2 is 2.13 bits per heavy atom. The van der Waals surface area contributed by atoms with Gasteiger partial charge in [-0.15, -0.1) is 0 Å². The number of hydrogen-bond acceptors (Lipinski definition) is 5. The number of aromatic nitrogens is 2. The van der Waals surface area contributed by atoms with Gasteiger partial charge in [0.2, 0.25) is 5.88 Å². The molecule has 0 bridgehead atoms. The zero-order chi connectivity index (χ0) is 16.2. The van der Waals surface area contributed by atoms with Gasteiger partial charge in [0.1, 0.15) is 11.5 Å². The molecule has 5 nitrogen and oxygen atoms in total. The van der Waals surface area contributed by atoms with E-state index in [1.165, 1.54) is 18.0 Å². The highest BCUT2D eigenvalue weighted by atomic mass is 35.5. The summed E-state index contributed by atoms with van der Waals surface area (Å²) in [7, 11) is 0. The van der Waals surface area contributed by atoms with Crippen LogP contribution in [0.1, 0.15) is 11.5 Å². The van der Waals surface area contributed by atoms with Gasteiger partial charge in [-0.2, -0.15) is 0 Å². The third kappa shape index (κ3) is 3.60. The molecule has 118 valence electrons. The van der Waals surface area contributed by atoms with Crippen molar-refractivity contribution in [3.05, 3.63) is 59.1 Å². The quantitative estimate of drug-likeness (QED) is 0.550. The minimum absolute atomic E-state index is 0.0588. The molecule has 1 N–H and O–H groups in total. The summed E-state index contributed by atoms with van der Waals surface area (Å²) in [5.74, 6) is 0.803. The highest BCUT2D eigenvalue weighted by Gasteiger charge is 2.15. The van der Waals surface area contributed by atoms with E-state index in [-0.39, 0.29) is 5.88 Å². The first kappa shape index (κ1) is 15.7. The Morgan fingerprint density at radius 1 is 1.35 bits per heavy atom. The van der Waals surface area contributed by atoms with Crippen molar-refractivity contribution in [2.75, 3.05) is 6.26 Å². The van der Waals surface area contributed by atoms with E-state index < -0.39 is 0 Å². The molecule has 2 aromatic heterocycles. The van der Waals surface area contributed by atoms with E-state index in [2.05, 4.69) is 9.98 Å². The van der Waals surface area contributed by atoms with E-state index in [1.54, 1.807) is 35.1 Å². The summed E-state index contributed by atoms with van der Waals surface area (Å²) in [5.41, 5.74) is 1.15. The fraction of sp³-hybridized carbons (Fsp3) is 0.125. The summed E-state index contributed by atoms with van der Waals surface area (Å²) in [6.45, 7) is 0.413. The Kier molecular flexibility index (Phi) is 4.73. The summed E-state index contributed by atoms with van der Waals surface area (Å²) in [4.78, 5) is 8.71. The van der Waals surface area contributed by atoms with E-state index in [9.17, 15) is 5.11 Å². The average Bonchev–Trinajstić information content (AvgIpc) is 3.17. The number of nitrogens with zero attached hydrogens (tertiary/aromatic N) is 3. The normalized spacial score (nSPS) is 11.4. The van der Waals surface area contributed by atoms with E-state index in [1.807, 2.05) is 18.4 Å². The zero-order valence-electron chi connectivity index (χ0n) is 12.3. The lowest BCUT2D eigenvalue weighted by Crippen LogP contribution is -1.99. The molecule has 0 radical (unpaired) electrons. The van der Waals surface area contributed by atoms with Crippen LogP contribution in [0, 0.1) is 0 Å². The Morgan fingerprint density at radius 3 is 2.78 bits per heavy atom. The van der Waals surface area contributed by atoms with Crippen LogP contribution in [0.15, 0.2) is 57.2 Å². The summed E-state index contributed by atoms with van der Waals surface area (Å²) in [6.07, 6.45) is 5.04. The molecule has 1 aromatic carbocycles. The second-order valence-electron chi connectivity index (χ2n) is 4.71. The summed E-state index contributed by atoms with van der Waals surface area (Å²) < 4.78 is 7.01. The topological polar surface area (TPSA) is 63.6 Å². The maximum absolute atomic E-state index is 10.4. The van der Waals surface area contributed by atoms with E-state index >= 15 is 0 Å². The Bertz CT molecular complexity index is 811. The van der Waals surface area contributed by atoms with Crippen molar-refractivity contribution in [1.29, 1.82) is 0 Å². The molecule has 0 fully saturated rings. The molecule has 0 aliphatic carbocycles. The molecule has 0 spiro atoms. The molecule has 0 aliphatic rings. The second kappa shape index (κ2) is 6.93. The van der Waals surface area contributed by atoms with Crippen LogP contribution in [0.3, 0.4) is 0 Å². The van der Waals surface area contributed by atoms with Gasteiger partial charge in [-0.3, -0.25) is 9.56 Å². The molecule has 2 heterocycles. The Labute approximate surface area is 142 Å². The number of benzene rings is 1. The van der Waals surface area contributed by atoms with Gasteiger partial charge >= 0.3 is 0 Å². The van der Waals surface area contributed by atoms with Gasteiger partial charge in [-0.25, -0.2) is 4.98 Å². The third-order valence-electron chi connectivity index (χ3n) is 3.17. The number of thioether (sulfide) groups is 1. The maximum atomic E-state index is 10.4. The van der Waals surface area contributed by atoms with Crippen LogP contribution in [0.25, 0.3) is 0 Å². The lowest BCUT2D eigenvalue weighted by Gasteiger charge is -2.04. The van der Waals surface area contributed by atoms with Crippen molar-refractivity contribution in [2.24, 2.45) is 4.99 Å². The summed E-state index contributed by atoms with van der Waals surface area (Å²) >= 11 is 7.29. The number of aromatic hydroxyl groups is 1. The number of hydrogen-bond donors (Lipinski definition) is 1. The molecule has 0 unspecified atom stereocenters. The monoisotopic (exact) mass is 347 g/mol. The van der Waals surface area contributed by atoms with E-state index in [0.29, 0.717) is 22.4 Å². The predicted octanol–water partition coefficient (Wildman–Crippen LogP) is 4.36. The summed E-state index contributed by atoms with van der Waals surface area (Å²) in [5, 5.41) is 11.7. The number of imidazole rings is 1. The molecular weight excluding hydrogens is 334 g/mol. The van der Waals surface area contributed by atoms with Crippen molar-refractivity contribution in [1.82, 2.24) is 9.55 Å². The largest absolute Gasteiger partial charge is 0.493 e. The molecule has 0 aliphatic heterocycles. The Balaban J connectivity index is 1.88. The van der Waals surface area contributed by atoms with Crippen molar-refractivity contribution < 1.29 is 9.52 Å². The van der Waals surface area contributed by atoms with Crippen molar-refractivity contribution >= 4 is 35.3 Å². The molecule has 23 heavy (non-hydrogen) atoms. The number of halogens is 1. The number of aliphatic imine (C=N–C) groups is 1. The molecule has 3 aromatic rings. The SMILES string of the molecule is CSc1nc(C=Nc2ccc(Cl)cc2)c(O)n1Cc1ccco1. The van der Waals surface area contributed by atoms with Crippen LogP contribution in [-0.4, -0.2) is 27.1 Å².